The number of rotatable bonds is 9. The van der Waals surface area contributed by atoms with Crippen LogP contribution in [0.5, 0.6) is 0 Å². The first kappa shape index (κ1) is 15.2. The number of nitrogens with zero attached hydrogens (tertiary/aromatic N) is 2. The molecule has 0 amide bonds. The Morgan fingerprint density at radius 2 is 1.84 bits per heavy atom. The summed E-state index contributed by atoms with van der Waals surface area (Å²) in [6.07, 6.45) is 4.59. The van der Waals surface area contributed by atoms with Gasteiger partial charge in [0, 0.05) is 33.2 Å². The highest BCUT2D eigenvalue weighted by Gasteiger charge is 2.36. The first-order valence-corrected chi connectivity index (χ1v) is 8.72. The van der Waals surface area contributed by atoms with E-state index in [0.29, 0.717) is 31.0 Å². The van der Waals surface area contributed by atoms with Crippen LogP contribution in [0.3, 0.4) is 0 Å². The second-order valence-corrected chi connectivity index (χ2v) is 8.31. The van der Waals surface area contributed by atoms with Gasteiger partial charge >= 0.3 is 0 Å². The molecule has 0 spiro atoms. The fourth-order valence-corrected chi connectivity index (χ4v) is 3.54. The van der Waals surface area contributed by atoms with E-state index in [4.69, 9.17) is 0 Å². The minimum absolute atomic E-state index is 0.560. The lowest BCUT2D eigenvalue weighted by Crippen LogP contribution is -2.41. The van der Waals surface area contributed by atoms with Crippen LogP contribution >= 0.6 is 0 Å². The second kappa shape index (κ2) is 6.08. The first-order valence-electron chi connectivity index (χ1n) is 7.32. The summed E-state index contributed by atoms with van der Waals surface area (Å²) in [5, 5.41) is 3.41. The molecule has 2 saturated carbocycles. The van der Waals surface area contributed by atoms with Gasteiger partial charge in [0.25, 0.3) is 10.2 Å². The van der Waals surface area contributed by atoms with E-state index in [1.165, 1.54) is 21.5 Å². The highest BCUT2D eigenvalue weighted by molar-refractivity contribution is 7.86. The van der Waals surface area contributed by atoms with Crippen molar-refractivity contribution in [3.8, 4) is 0 Å². The maximum atomic E-state index is 12.3. The zero-order valence-electron chi connectivity index (χ0n) is 12.3. The second-order valence-electron chi connectivity index (χ2n) is 6.16. The maximum Gasteiger partial charge on any atom is 0.281 e. The minimum Gasteiger partial charge on any atom is -0.314 e. The Morgan fingerprint density at radius 1 is 1.21 bits per heavy atom. The van der Waals surface area contributed by atoms with Crippen LogP contribution in [0.2, 0.25) is 0 Å². The number of hydrogen-bond donors (Lipinski definition) is 1. The van der Waals surface area contributed by atoms with Gasteiger partial charge in [-0.25, -0.2) is 0 Å². The van der Waals surface area contributed by atoms with Crippen LogP contribution in [0.1, 0.15) is 32.6 Å². The quantitative estimate of drug-likeness (QED) is 0.642. The van der Waals surface area contributed by atoms with Crippen molar-refractivity contribution >= 4 is 10.2 Å². The number of hydrogen-bond acceptors (Lipinski definition) is 3. The molecule has 0 aliphatic heterocycles. The van der Waals surface area contributed by atoms with Crippen molar-refractivity contribution in [1.29, 1.82) is 0 Å². The Bertz CT molecular complexity index is 395. The molecular formula is C13H27N3O2S. The molecule has 0 radical (unpaired) electrons. The summed E-state index contributed by atoms with van der Waals surface area (Å²) < 4.78 is 27.5. The molecule has 0 saturated heterocycles. The topological polar surface area (TPSA) is 52.7 Å². The lowest BCUT2D eigenvalue weighted by Gasteiger charge is -2.24. The van der Waals surface area contributed by atoms with E-state index < -0.39 is 10.2 Å². The average molecular weight is 289 g/mol. The van der Waals surface area contributed by atoms with Crippen LogP contribution in [0.15, 0.2) is 0 Å². The molecule has 112 valence electrons. The lowest BCUT2D eigenvalue weighted by atomic mass is 10.3. The van der Waals surface area contributed by atoms with Gasteiger partial charge in [0.05, 0.1) is 0 Å². The summed E-state index contributed by atoms with van der Waals surface area (Å²) in [5.41, 5.74) is 0. The number of nitrogens with one attached hydrogen (secondary N) is 1. The Balaban J connectivity index is 1.69. The van der Waals surface area contributed by atoms with E-state index in [0.717, 1.165) is 19.4 Å². The standard InChI is InChI=1S/C13H27N3O2S/c1-11-9-12(11)10-16(3)19(17,18)15(2)8-4-7-14-13-5-6-13/h11-14H,4-10H2,1-3H3. The molecule has 0 aromatic carbocycles. The average Bonchev–Trinajstić information content (AvgIpc) is 3.24. The van der Waals surface area contributed by atoms with Gasteiger partial charge in [0.2, 0.25) is 0 Å². The molecule has 0 bridgehead atoms. The maximum absolute atomic E-state index is 12.3. The molecular weight excluding hydrogens is 262 g/mol. The summed E-state index contributed by atoms with van der Waals surface area (Å²) in [5.74, 6) is 1.25. The van der Waals surface area contributed by atoms with Crippen LogP contribution in [0.25, 0.3) is 0 Å². The lowest BCUT2D eigenvalue weighted by molar-refractivity contribution is 0.376. The third kappa shape index (κ3) is 4.41. The van der Waals surface area contributed by atoms with E-state index in [-0.39, 0.29) is 0 Å². The molecule has 2 aliphatic carbocycles. The van der Waals surface area contributed by atoms with E-state index in [2.05, 4.69) is 12.2 Å². The predicted molar refractivity (Wildman–Crippen MR) is 77.1 cm³/mol. The van der Waals surface area contributed by atoms with Gasteiger partial charge in [-0.1, -0.05) is 6.92 Å². The van der Waals surface area contributed by atoms with E-state index in [1.807, 2.05) is 0 Å². The smallest absolute Gasteiger partial charge is 0.281 e. The third-order valence-electron chi connectivity index (χ3n) is 4.22. The van der Waals surface area contributed by atoms with Gasteiger partial charge in [0.1, 0.15) is 0 Å². The first-order chi connectivity index (χ1) is 8.91. The Kier molecular flexibility index (Phi) is 4.87. The zero-order valence-corrected chi connectivity index (χ0v) is 13.1. The molecule has 2 atom stereocenters. The molecule has 2 aliphatic rings. The summed E-state index contributed by atoms with van der Waals surface area (Å²) in [4.78, 5) is 0. The van der Waals surface area contributed by atoms with Crippen LogP contribution in [-0.2, 0) is 10.2 Å². The normalized spacial score (nSPS) is 27.2. The van der Waals surface area contributed by atoms with E-state index in [1.54, 1.807) is 14.1 Å². The Hall–Kier alpha value is -0.170. The van der Waals surface area contributed by atoms with Crippen molar-refractivity contribution in [3.05, 3.63) is 0 Å². The fourth-order valence-electron chi connectivity index (χ4n) is 2.33. The van der Waals surface area contributed by atoms with Gasteiger partial charge in [-0.2, -0.15) is 17.0 Å². The molecule has 6 heteroatoms. The predicted octanol–water partition coefficient (Wildman–Crippen LogP) is 0.893. The van der Waals surface area contributed by atoms with Crippen molar-refractivity contribution in [2.75, 3.05) is 33.7 Å². The van der Waals surface area contributed by atoms with Crippen LogP contribution in [0.4, 0.5) is 0 Å². The summed E-state index contributed by atoms with van der Waals surface area (Å²) >= 11 is 0. The van der Waals surface area contributed by atoms with Crippen molar-refractivity contribution in [3.63, 3.8) is 0 Å². The van der Waals surface area contributed by atoms with Crippen molar-refractivity contribution in [1.82, 2.24) is 13.9 Å². The van der Waals surface area contributed by atoms with Crippen LogP contribution in [-0.4, -0.2) is 56.8 Å². The van der Waals surface area contributed by atoms with Gasteiger partial charge < -0.3 is 5.32 Å². The fraction of sp³-hybridized carbons (Fsp3) is 1.00. The van der Waals surface area contributed by atoms with Gasteiger partial charge in [-0.15, -0.1) is 0 Å². The molecule has 1 N–H and O–H groups in total. The Labute approximate surface area is 117 Å². The van der Waals surface area contributed by atoms with E-state index in [9.17, 15) is 8.42 Å². The van der Waals surface area contributed by atoms with Crippen molar-refractivity contribution < 1.29 is 8.42 Å². The van der Waals surface area contributed by atoms with Crippen LogP contribution < -0.4 is 5.32 Å². The largest absolute Gasteiger partial charge is 0.314 e. The molecule has 2 fully saturated rings. The molecule has 5 nitrogen and oxygen atoms in total. The molecule has 2 unspecified atom stereocenters. The summed E-state index contributed by atoms with van der Waals surface area (Å²) in [6, 6.07) is 0.695. The highest BCUT2D eigenvalue weighted by atomic mass is 32.2. The van der Waals surface area contributed by atoms with E-state index >= 15 is 0 Å². The molecule has 19 heavy (non-hydrogen) atoms. The highest BCUT2D eigenvalue weighted by Crippen LogP contribution is 2.38. The molecule has 2 rings (SSSR count). The monoisotopic (exact) mass is 289 g/mol. The van der Waals surface area contributed by atoms with Crippen LogP contribution in [0, 0.1) is 11.8 Å². The molecule has 0 aromatic heterocycles. The molecule has 0 aromatic rings. The van der Waals surface area contributed by atoms with Gasteiger partial charge in [0.15, 0.2) is 0 Å². The minimum atomic E-state index is -3.26. The third-order valence-corrected chi connectivity index (χ3v) is 6.12. The van der Waals surface area contributed by atoms with Gasteiger partial charge in [-0.05, 0) is 44.1 Å². The van der Waals surface area contributed by atoms with Gasteiger partial charge in [-0.3, -0.25) is 0 Å². The molecule has 0 heterocycles. The Morgan fingerprint density at radius 3 is 2.37 bits per heavy atom. The summed E-state index contributed by atoms with van der Waals surface area (Å²) in [6.45, 7) is 4.34. The summed E-state index contributed by atoms with van der Waals surface area (Å²) in [7, 11) is 0.110. The van der Waals surface area contributed by atoms with Crippen molar-refractivity contribution in [2.45, 2.75) is 38.6 Å². The van der Waals surface area contributed by atoms with Crippen molar-refractivity contribution in [2.24, 2.45) is 11.8 Å². The SMILES string of the molecule is CC1CC1CN(C)S(=O)(=O)N(C)CCCNC1CC1. The zero-order chi connectivity index (χ0) is 14.0.